The maximum absolute atomic E-state index is 13.4. The average Bonchev–Trinajstić information content (AvgIpc) is 3.01. The van der Waals surface area contributed by atoms with Gasteiger partial charge in [0.1, 0.15) is 23.2 Å². The quantitative estimate of drug-likeness (QED) is 0.579. The second kappa shape index (κ2) is 10.3. The Hall–Kier alpha value is -3.40. The molecule has 1 atom stereocenters. The molecule has 0 radical (unpaired) electrons. The Morgan fingerprint density at radius 1 is 1.06 bits per heavy atom. The molecule has 0 saturated carbocycles. The zero-order valence-electron chi connectivity index (χ0n) is 19.6. The third-order valence-corrected chi connectivity index (χ3v) is 7.34. The van der Waals surface area contributed by atoms with E-state index in [-0.39, 0.29) is 28.8 Å². The maximum atomic E-state index is 13.4. The zero-order valence-corrected chi connectivity index (χ0v) is 20.5. The number of rotatable bonds is 9. The summed E-state index contributed by atoms with van der Waals surface area (Å²) in [6, 6.07) is 11.9. The summed E-state index contributed by atoms with van der Waals surface area (Å²) in [5.74, 6) is -0.934. The monoisotopic (exact) mass is 487 g/mol. The third kappa shape index (κ3) is 5.22. The predicted molar refractivity (Wildman–Crippen MR) is 126 cm³/mol. The highest BCUT2D eigenvalue weighted by Gasteiger charge is 2.43. The highest BCUT2D eigenvalue weighted by Crippen LogP contribution is 2.30. The molecule has 0 fully saturated rings. The molecule has 1 aliphatic heterocycles. The summed E-state index contributed by atoms with van der Waals surface area (Å²) >= 11 is 0. The Labute approximate surface area is 199 Å². The van der Waals surface area contributed by atoms with E-state index in [4.69, 9.17) is 4.74 Å². The fourth-order valence-corrected chi connectivity index (χ4v) is 5.08. The molecule has 34 heavy (non-hydrogen) atoms. The molecule has 0 saturated heterocycles. The van der Waals surface area contributed by atoms with Crippen LogP contribution in [0, 0.1) is 5.92 Å². The van der Waals surface area contributed by atoms with E-state index in [0.29, 0.717) is 16.6 Å². The molecule has 10 heteroatoms. The van der Waals surface area contributed by atoms with E-state index in [1.54, 1.807) is 37.3 Å². The largest absolute Gasteiger partial charge is 0.497 e. The summed E-state index contributed by atoms with van der Waals surface area (Å²) in [7, 11) is -2.62. The van der Waals surface area contributed by atoms with Crippen LogP contribution >= 0.6 is 0 Å². The first-order valence-electron chi connectivity index (χ1n) is 10.9. The van der Waals surface area contributed by atoms with Gasteiger partial charge >= 0.3 is 0 Å². The van der Waals surface area contributed by atoms with Crippen LogP contribution in [0.25, 0.3) is 0 Å². The highest BCUT2D eigenvalue weighted by molar-refractivity contribution is 7.90. The van der Waals surface area contributed by atoms with Crippen molar-refractivity contribution >= 4 is 27.7 Å². The van der Waals surface area contributed by atoms with Crippen LogP contribution in [-0.2, 0) is 26.2 Å². The van der Waals surface area contributed by atoms with Crippen LogP contribution < -0.4 is 10.1 Å². The summed E-state index contributed by atoms with van der Waals surface area (Å²) in [5, 5.41) is 2.80. The van der Waals surface area contributed by atoms with E-state index in [1.165, 1.54) is 30.2 Å². The van der Waals surface area contributed by atoms with Gasteiger partial charge in [-0.2, -0.15) is 0 Å². The van der Waals surface area contributed by atoms with Gasteiger partial charge in [-0.05, 0) is 42.7 Å². The van der Waals surface area contributed by atoms with Gasteiger partial charge in [0.2, 0.25) is 11.8 Å². The van der Waals surface area contributed by atoms with E-state index in [0.717, 1.165) is 5.56 Å². The number of carbonyl (C=O) groups is 3. The number of carbonyl (C=O) groups excluding carboxylic acids is 3. The molecule has 182 valence electrons. The Bertz CT molecular complexity index is 1180. The molecule has 2 aromatic carbocycles. The van der Waals surface area contributed by atoms with Crippen LogP contribution in [0.2, 0.25) is 0 Å². The molecule has 1 heterocycles. The maximum Gasteiger partial charge on any atom is 0.269 e. The van der Waals surface area contributed by atoms with E-state index in [9.17, 15) is 22.8 Å². The summed E-state index contributed by atoms with van der Waals surface area (Å²) < 4.78 is 31.5. The lowest BCUT2D eigenvalue weighted by Gasteiger charge is -2.30. The number of hydrogen-bond acceptors (Lipinski definition) is 6. The molecule has 1 unspecified atom stereocenters. The molecule has 3 rings (SSSR count). The summed E-state index contributed by atoms with van der Waals surface area (Å²) in [5.41, 5.74) is 0.747. The number of ether oxygens (including phenoxy) is 1. The van der Waals surface area contributed by atoms with Crippen LogP contribution in [0.5, 0.6) is 5.75 Å². The van der Waals surface area contributed by atoms with E-state index < -0.39 is 34.4 Å². The van der Waals surface area contributed by atoms with Gasteiger partial charge in [-0.3, -0.25) is 14.4 Å². The van der Waals surface area contributed by atoms with Crippen molar-refractivity contribution in [3.8, 4) is 5.75 Å². The fraction of sp³-hybridized carbons (Fsp3) is 0.375. The van der Waals surface area contributed by atoms with Crippen molar-refractivity contribution in [1.29, 1.82) is 0 Å². The number of benzene rings is 2. The van der Waals surface area contributed by atoms with Crippen molar-refractivity contribution in [3.05, 3.63) is 59.7 Å². The average molecular weight is 488 g/mol. The minimum absolute atomic E-state index is 0.0275. The van der Waals surface area contributed by atoms with Gasteiger partial charge in [-0.15, -0.1) is 0 Å². The van der Waals surface area contributed by atoms with Gasteiger partial charge in [-0.1, -0.05) is 38.1 Å². The second-order valence-electron chi connectivity index (χ2n) is 8.50. The summed E-state index contributed by atoms with van der Waals surface area (Å²) in [6.45, 7) is 5.26. The van der Waals surface area contributed by atoms with E-state index in [2.05, 4.69) is 5.32 Å². The molecule has 0 bridgehead atoms. The molecule has 0 spiro atoms. The van der Waals surface area contributed by atoms with Gasteiger partial charge in [0.05, 0.1) is 12.7 Å². The highest BCUT2D eigenvalue weighted by atomic mass is 32.2. The molecular formula is C24H29N3O6S. The van der Waals surface area contributed by atoms with Crippen molar-refractivity contribution in [2.75, 3.05) is 20.2 Å². The van der Waals surface area contributed by atoms with Crippen molar-refractivity contribution in [2.24, 2.45) is 5.92 Å². The zero-order chi connectivity index (χ0) is 25.0. The van der Waals surface area contributed by atoms with Crippen LogP contribution in [0.1, 0.15) is 36.7 Å². The lowest BCUT2D eigenvalue weighted by molar-refractivity contribution is -0.140. The number of amides is 3. The van der Waals surface area contributed by atoms with Crippen molar-refractivity contribution < 1.29 is 27.5 Å². The topological polar surface area (TPSA) is 113 Å². The van der Waals surface area contributed by atoms with Gasteiger partial charge in [-0.25, -0.2) is 12.7 Å². The molecule has 9 nitrogen and oxygen atoms in total. The Morgan fingerprint density at radius 3 is 2.29 bits per heavy atom. The van der Waals surface area contributed by atoms with Gasteiger partial charge in [0.25, 0.3) is 15.9 Å². The number of nitrogens with one attached hydrogen (secondary N) is 1. The molecule has 3 amide bonds. The Balaban J connectivity index is 1.86. The Kier molecular flexibility index (Phi) is 7.61. The molecule has 2 aromatic rings. The molecule has 0 aliphatic carbocycles. The molecule has 1 aliphatic rings. The summed E-state index contributed by atoms with van der Waals surface area (Å²) in [4.78, 5) is 40.0. The number of hydrogen-bond donors (Lipinski definition) is 1. The normalized spacial score (nSPS) is 15.1. The second-order valence-corrected chi connectivity index (χ2v) is 10.3. The SMILES string of the molecule is COc1ccc(CN(C(=O)CN2C(=O)c3ccccc3S2(=O)=O)C(C)C(=O)NCC(C)C)cc1. The summed E-state index contributed by atoms with van der Waals surface area (Å²) in [6.07, 6.45) is 0. The lowest BCUT2D eigenvalue weighted by Crippen LogP contribution is -2.51. The van der Waals surface area contributed by atoms with Crippen LogP contribution in [0.4, 0.5) is 0 Å². The first-order chi connectivity index (χ1) is 16.1. The van der Waals surface area contributed by atoms with Gasteiger partial charge in [0, 0.05) is 13.1 Å². The van der Waals surface area contributed by atoms with Crippen molar-refractivity contribution in [3.63, 3.8) is 0 Å². The van der Waals surface area contributed by atoms with Crippen molar-refractivity contribution in [1.82, 2.24) is 14.5 Å². The first-order valence-corrected chi connectivity index (χ1v) is 12.4. The molecular weight excluding hydrogens is 458 g/mol. The van der Waals surface area contributed by atoms with Gasteiger partial charge in [0.15, 0.2) is 0 Å². The van der Waals surface area contributed by atoms with Gasteiger partial charge < -0.3 is 15.0 Å². The predicted octanol–water partition coefficient (Wildman–Crippen LogP) is 2.03. The number of methoxy groups -OCH3 is 1. The van der Waals surface area contributed by atoms with E-state index in [1.807, 2.05) is 13.8 Å². The molecule has 1 N–H and O–H groups in total. The molecule has 0 aromatic heterocycles. The third-order valence-electron chi connectivity index (χ3n) is 5.55. The number of sulfonamides is 1. The van der Waals surface area contributed by atoms with Crippen molar-refractivity contribution in [2.45, 2.75) is 38.3 Å². The van der Waals surface area contributed by atoms with Crippen LogP contribution in [0.3, 0.4) is 0 Å². The number of nitrogens with zero attached hydrogens (tertiary/aromatic N) is 2. The smallest absolute Gasteiger partial charge is 0.269 e. The standard InChI is InChI=1S/C24H29N3O6S/c1-16(2)13-25-23(29)17(3)26(14-18-9-11-19(33-4)12-10-18)22(28)15-27-24(30)20-7-5-6-8-21(20)34(27,31)32/h5-12,16-17H,13-15H2,1-4H3,(H,25,29). The number of fused-ring (bicyclic) bond motifs is 1. The van der Waals surface area contributed by atoms with Crippen LogP contribution in [0.15, 0.2) is 53.4 Å². The van der Waals surface area contributed by atoms with E-state index >= 15 is 0 Å². The Morgan fingerprint density at radius 2 is 1.71 bits per heavy atom. The lowest BCUT2D eigenvalue weighted by atomic mass is 10.1. The first kappa shape index (κ1) is 25.2. The van der Waals surface area contributed by atoms with Crippen LogP contribution in [-0.4, -0.2) is 61.6 Å². The minimum atomic E-state index is -4.15. The fourth-order valence-electron chi connectivity index (χ4n) is 3.56. The minimum Gasteiger partial charge on any atom is -0.497 e.